The van der Waals surface area contributed by atoms with Gasteiger partial charge in [-0.15, -0.1) is 0 Å². The fraction of sp³-hybridized carbons (Fsp3) is 0.0417. The molecule has 0 spiro atoms. The SMILES string of the molecule is O=C(CN=Cc1cn(-c2ccccc2)nc1-c1ccc(F)cc1)c1ccccc1Br. The van der Waals surface area contributed by atoms with Crippen LogP contribution in [0.1, 0.15) is 15.9 Å². The van der Waals surface area contributed by atoms with Gasteiger partial charge in [0.1, 0.15) is 18.1 Å². The molecule has 0 bridgehead atoms. The van der Waals surface area contributed by atoms with Gasteiger partial charge in [0, 0.05) is 33.6 Å². The fourth-order valence-corrected chi connectivity index (χ4v) is 3.53. The van der Waals surface area contributed by atoms with E-state index < -0.39 is 0 Å². The molecule has 0 saturated carbocycles. The number of ketones is 1. The Bertz CT molecular complexity index is 1200. The normalized spacial score (nSPS) is 11.1. The van der Waals surface area contributed by atoms with E-state index in [0.29, 0.717) is 11.3 Å². The predicted octanol–water partition coefficient (Wildman–Crippen LogP) is 5.74. The van der Waals surface area contributed by atoms with Gasteiger partial charge in [-0.1, -0.05) is 52.3 Å². The predicted molar refractivity (Wildman–Crippen MR) is 120 cm³/mol. The first kappa shape index (κ1) is 19.9. The first-order chi connectivity index (χ1) is 14.6. The van der Waals surface area contributed by atoms with Crippen molar-refractivity contribution in [2.45, 2.75) is 0 Å². The van der Waals surface area contributed by atoms with Crippen molar-refractivity contribution in [1.82, 2.24) is 9.78 Å². The van der Waals surface area contributed by atoms with Gasteiger partial charge in [0.05, 0.1) is 5.69 Å². The lowest BCUT2D eigenvalue weighted by atomic mass is 10.1. The summed E-state index contributed by atoms with van der Waals surface area (Å²) in [5, 5.41) is 4.66. The first-order valence-corrected chi connectivity index (χ1v) is 10.1. The van der Waals surface area contributed by atoms with Crippen molar-refractivity contribution < 1.29 is 9.18 Å². The molecule has 3 aromatic carbocycles. The molecular weight excluding hydrogens is 445 g/mol. The molecule has 0 amide bonds. The second-order valence-corrected chi connectivity index (χ2v) is 7.45. The molecule has 1 aromatic heterocycles. The van der Waals surface area contributed by atoms with Gasteiger partial charge in [-0.25, -0.2) is 9.07 Å². The fourth-order valence-electron chi connectivity index (χ4n) is 3.03. The number of rotatable bonds is 6. The van der Waals surface area contributed by atoms with Gasteiger partial charge in [-0.05, 0) is 42.5 Å². The largest absolute Gasteiger partial charge is 0.292 e. The third kappa shape index (κ3) is 4.44. The van der Waals surface area contributed by atoms with Crippen LogP contribution in [0.2, 0.25) is 0 Å². The Labute approximate surface area is 181 Å². The summed E-state index contributed by atoms with van der Waals surface area (Å²) in [4.78, 5) is 16.8. The molecule has 6 heteroatoms. The van der Waals surface area contributed by atoms with Crippen molar-refractivity contribution >= 4 is 27.9 Å². The van der Waals surface area contributed by atoms with Crippen LogP contribution in [0.15, 0.2) is 94.5 Å². The highest BCUT2D eigenvalue weighted by Gasteiger charge is 2.12. The Hall–Kier alpha value is -3.38. The maximum absolute atomic E-state index is 13.4. The van der Waals surface area contributed by atoms with Gasteiger partial charge in [0.15, 0.2) is 5.78 Å². The van der Waals surface area contributed by atoms with E-state index in [1.54, 1.807) is 29.1 Å². The minimum Gasteiger partial charge on any atom is -0.292 e. The molecule has 0 saturated heterocycles. The van der Waals surface area contributed by atoms with Gasteiger partial charge in [-0.2, -0.15) is 5.10 Å². The number of halogens is 2. The van der Waals surface area contributed by atoms with Crippen LogP contribution in [0, 0.1) is 5.82 Å². The lowest BCUT2D eigenvalue weighted by Crippen LogP contribution is -2.04. The van der Waals surface area contributed by atoms with E-state index in [1.165, 1.54) is 12.1 Å². The van der Waals surface area contributed by atoms with Crippen LogP contribution in [-0.4, -0.2) is 28.3 Å². The zero-order valence-corrected chi connectivity index (χ0v) is 17.5. The third-order valence-corrected chi connectivity index (χ3v) is 5.21. The number of aliphatic imine (C=N–C) groups is 1. The molecule has 0 aliphatic heterocycles. The summed E-state index contributed by atoms with van der Waals surface area (Å²) in [7, 11) is 0. The van der Waals surface area contributed by atoms with Crippen molar-refractivity contribution in [2.75, 3.05) is 6.54 Å². The van der Waals surface area contributed by atoms with Gasteiger partial charge in [0.25, 0.3) is 0 Å². The van der Waals surface area contributed by atoms with Gasteiger partial charge >= 0.3 is 0 Å². The Balaban J connectivity index is 1.65. The zero-order chi connectivity index (χ0) is 20.9. The van der Waals surface area contributed by atoms with Crippen LogP contribution in [0.5, 0.6) is 0 Å². The van der Waals surface area contributed by atoms with Gasteiger partial charge in [-0.3, -0.25) is 9.79 Å². The van der Waals surface area contributed by atoms with Crippen LogP contribution >= 0.6 is 15.9 Å². The summed E-state index contributed by atoms with van der Waals surface area (Å²) in [6.45, 7) is 0.0159. The lowest BCUT2D eigenvalue weighted by Gasteiger charge is -2.01. The molecule has 30 heavy (non-hydrogen) atoms. The Kier molecular flexibility index (Phi) is 5.95. The zero-order valence-electron chi connectivity index (χ0n) is 15.9. The van der Waals surface area contributed by atoms with Gasteiger partial charge < -0.3 is 0 Å². The van der Waals surface area contributed by atoms with E-state index in [0.717, 1.165) is 21.3 Å². The van der Waals surface area contributed by atoms with Crippen LogP contribution in [0.4, 0.5) is 4.39 Å². The molecule has 0 N–H and O–H groups in total. The molecule has 0 aliphatic carbocycles. The summed E-state index contributed by atoms with van der Waals surface area (Å²) < 4.78 is 15.9. The molecule has 0 aliphatic rings. The second kappa shape index (κ2) is 8.97. The van der Waals surface area contributed by atoms with Crippen LogP contribution < -0.4 is 0 Å². The van der Waals surface area contributed by atoms with Crippen molar-refractivity contribution in [3.05, 3.63) is 106 Å². The maximum Gasteiger partial charge on any atom is 0.185 e. The van der Waals surface area contributed by atoms with Crippen LogP contribution in [0.3, 0.4) is 0 Å². The molecule has 4 aromatic rings. The molecule has 0 unspecified atom stereocenters. The van der Waals surface area contributed by atoms with E-state index in [9.17, 15) is 9.18 Å². The first-order valence-electron chi connectivity index (χ1n) is 9.30. The quantitative estimate of drug-likeness (QED) is 0.271. The number of nitrogens with zero attached hydrogens (tertiary/aromatic N) is 3. The van der Waals surface area contributed by atoms with Crippen LogP contribution in [0.25, 0.3) is 16.9 Å². The van der Waals surface area contributed by atoms with Gasteiger partial charge in [0.2, 0.25) is 0 Å². The Morgan fingerprint density at radius 2 is 1.70 bits per heavy atom. The summed E-state index contributed by atoms with van der Waals surface area (Å²) in [5.41, 5.74) is 3.66. The summed E-state index contributed by atoms with van der Waals surface area (Å²) in [6, 6.07) is 23.1. The smallest absolute Gasteiger partial charge is 0.185 e. The molecule has 0 atom stereocenters. The highest BCUT2D eigenvalue weighted by molar-refractivity contribution is 9.10. The van der Waals surface area contributed by atoms with Crippen molar-refractivity contribution in [3.63, 3.8) is 0 Å². The molecule has 148 valence electrons. The van der Waals surface area contributed by atoms with Crippen molar-refractivity contribution in [3.8, 4) is 16.9 Å². The molecule has 0 radical (unpaired) electrons. The standard InChI is InChI=1S/C24H17BrFN3O/c25-22-9-5-4-8-21(22)23(30)15-27-14-18-16-29(20-6-2-1-3-7-20)28-24(18)17-10-12-19(26)13-11-17/h1-14,16H,15H2. The minimum atomic E-state index is -0.310. The number of carbonyl (C=O) groups excluding carboxylic acids is 1. The van der Waals surface area contributed by atoms with E-state index in [-0.39, 0.29) is 18.1 Å². The number of benzene rings is 3. The van der Waals surface area contributed by atoms with E-state index in [1.807, 2.05) is 54.7 Å². The monoisotopic (exact) mass is 461 g/mol. The average molecular weight is 462 g/mol. The lowest BCUT2D eigenvalue weighted by molar-refractivity contribution is 0.100. The Morgan fingerprint density at radius 3 is 2.43 bits per heavy atom. The number of para-hydroxylation sites is 1. The molecule has 4 nitrogen and oxygen atoms in total. The highest BCUT2D eigenvalue weighted by atomic mass is 79.9. The number of hydrogen-bond acceptors (Lipinski definition) is 3. The summed E-state index contributed by atoms with van der Waals surface area (Å²) in [6.07, 6.45) is 3.49. The average Bonchev–Trinajstić information content (AvgIpc) is 3.19. The summed E-state index contributed by atoms with van der Waals surface area (Å²) in [5.74, 6) is -0.395. The summed E-state index contributed by atoms with van der Waals surface area (Å²) >= 11 is 3.39. The number of Topliss-reactive ketones (excluding diaryl/α,β-unsaturated/α-hetero) is 1. The second-order valence-electron chi connectivity index (χ2n) is 6.59. The number of aromatic nitrogens is 2. The highest BCUT2D eigenvalue weighted by Crippen LogP contribution is 2.23. The van der Waals surface area contributed by atoms with Crippen molar-refractivity contribution in [1.29, 1.82) is 0 Å². The van der Waals surface area contributed by atoms with E-state index in [2.05, 4.69) is 26.0 Å². The van der Waals surface area contributed by atoms with Crippen molar-refractivity contribution in [2.24, 2.45) is 4.99 Å². The third-order valence-electron chi connectivity index (χ3n) is 4.52. The minimum absolute atomic E-state index is 0.0159. The van der Waals surface area contributed by atoms with Crippen LogP contribution in [-0.2, 0) is 0 Å². The molecule has 1 heterocycles. The maximum atomic E-state index is 13.4. The number of carbonyl (C=O) groups is 1. The Morgan fingerprint density at radius 1 is 1.00 bits per heavy atom. The topological polar surface area (TPSA) is 47.2 Å². The molecule has 0 fully saturated rings. The number of hydrogen-bond donors (Lipinski definition) is 0. The van der Waals surface area contributed by atoms with E-state index in [4.69, 9.17) is 0 Å². The molecular formula is C24H17BrFN3O. The van der Waals surface area contributed by atoms with E-state index >= 15 is 0 Å². The molecule has 4 rings (SSSR count).